The normalized spacial score (nSPS) is 9.17. The molecular weight excluding hydrogens is 357 g/mol. The minimum atomic E-state index is 0. The summed E-state index contributed by atoms with van der Waals surface area (Å²) in [5, 5.41) is 6.84. The zero-order chi connectivity index (χ0) is 12.1. The molecule has 0 aliphatic carbocycles. The van der Waals surface area contributed by atoms with Gasteiger partial charge in [0.25, 0.3) is 0 Å². The maximum Gasteiger partial charge on any atom is 0.192 e. The molecule has 1 heterocycles. The van der Waals surface area contributed by atoms with Crippen molar-refractivity contribution in [3.63, 3.8) is 0 Å². The zero-order valence-corrected chi connectivity index (χ0v) is 12.9. The Bertz CT molecular complexity index is 517. The summed E-state index contributed by atoms with van der Waals surface area (Å²) in [6.45, 7) is 0. The number of rotatable bonds is 2. The molecule has 3 nitrogen and oxygen atoms in total. The maximum atomic E-state index is 5.23. The quantitative estimate of drug-likeness (QED) is 0.417. The molecule has 94 valence electrons. The number of aryl methyl sites for hydroxylation is 1. The van der Waals surface area contributed by atoms with Crippen LogP contribution in [0.2, 0.25) is 0 Å². The number of hydrogen-bond donors (Lipinski definition) is 2. The first-order valence-electron chi connectivity index (χ1n) is 5.32. The molecule has 0 atom stereocenters. The van der Waals surface area contributed by atoms with E-state index in [1.54, 1.807) is 0 Å². The minimum absolute atomic E-state index is 0. The van der Waals surface area contributed by atoms with Crippen molar-refractivity contribution in [2.75, 3.05) is 10.6 Å². The number of nitrogens with one attached hydrogen (secondary N) is 2. The molecule has 2 aromatic rings. The number of aromatic nitrogens is 1. The Balaban J connectivity index is 0.00000162. The summed E-state index contributed by atoms with van der Waals surface area (Å²) in [5.41, 5.74) is 1.94. The maximum absolute atomic E-state index is 5.23. The van der Waals surface area contributed by atoms with Gasteiger partial charge in [-0.1, -0.05) is 18.2 Å². The van der Waals surface area contributed by atoms with Crippen LogP contribution in [0.4, 0.5) is 11.4 Å². The average Bonchev–Trinajstić information content (AvgIpc) is 2.30. The Labute approximate surface area is 129 Å². The van der Waals surface area contributed by atoms with Crippen molar-refractivity contribution in [1.82, 2.24) is 0 Å². The molecule has 0 saturated carbocycles. The Hall–Kier alpha value is -1.21. The fourth-order valence-electron chi connectivity index (χ4n) is 1.48. The second-order valence-corrected chi connectivity index (χ2v) is 4.11. The number of nitrogens with zero attached hydrogens (tertiary/aromatic N) is 1. The summed E-state index contributed by atoms with van der Waals surface area (Å²) < 4.78 is 1.97. The van der Waals surface area contributed by atoms with E-state index in [9.17, 15) is 0 Å². The smallest absolute Gasteiger partial charge is 0.192 e. The molecule has 0 fully saturated rings. The second kappa shape index (κ2) is 7.27. The van der Waals surface area contributed by atoms with E-state index in [1.807, 2.05) is 66.5 Å². The van der Waals surface area contributed by atoms with Crippen molar-refractivity contribution in [1.29, 1.82) is 0 Å². The molecule has 5 heteroatoms. The van der Waals surface area contributed by atoms with Gasteiger partial charge in [-0.05, 0) is 30.4 Å². The van der Waals surface area contributed by atoms with Crippen molar-refractivity contribution in [3.8, 4) is 0 Å². The number of anilines is 2. The highest BCUT2D eigenvalue weighted by Crippen LogP contribution is 2.07. The predicted octanol–water partition coefficient (Wildman–Crippen LogP) is -0.676. The largest absolute Gasteiger partial charge is 1.00 e. The summed E-state index contributed by atoms with van der Waals surface area (Å²) in [4.78, 5) is 0. The molecule has 0 aliphatic heterocycles. The molecule has 1 aromatic carbocycles. The van der Waals surface area contributed by atoms with E-state index < -0.39 is 0 Å². The van der Waals surface area contributed by atoms with Crippen LogP contribution in [0.3, 0.4) is 0 Å². The van der Waals surface area contributed by atoms with Crippen LogP contribution in [-0.4, -0.2) is 5.11 Å². The van der Waals surface area contributed by atoms with Gasteiger partial charge in [0.1, 0.15) is 12.7 Å². The third-order valence-electron chi connectivity index (χ3n) is 2.23. The average molecular weight is 371 g/mol. The monoisotopic (exact) mass is 371 g/mol. The second-order valence-electron chi connectivity index (χ2n) is 3.70. The van der Waals surface area contributed by atoms with Crippen LogP contribution < -0.4 is 39.2 Å². The number of benzene rings is 1. The zero-order valence-electron chi connectivity index (χ0n) is 9.93. The summed E-state index contributed by atoms with van der Waals surface area (Å²) >= 11 is 5.23. The van der Waals surface area contributed by atoms with Crippen molar-refractivity contribution >= 4 is 28.7 Å². The molecule has 0 saturated heterocycles. The lowest BCUT2D eigenvalue weighted by atomic mass is 10.3. The third kappa shape index (κ3) is 4.58. The van der Waals surface area contributed by atoms with Gasteiger partial charge in [-0.3, -0.25) is 0 Å². The van der Waals surface area contributed by atoms with Crippen molar-refractivity contribution < 1.29 is 28.5 Å². The lowest BCUT2D eigenvalue weighted by Crippen LogP contribution is -3.00. The SMILES string of the molecule is C[n+]1cccc(NC(=S)Nc2ccccc2)c1.[I-]. The highest BCUT2D eigenvalue weighted by molar-refractivity contribution is 7.80. The van der Waals surface area contributed by atoms with Gasteiger partial charge in [0, 0.05) is 11.8 Å². The molecule has 2 rings (SSSR count). The van der Waals surface area contributed by atoms with Crippen molar-refractivity contribution in [2.24, 2.45) is 7.05 Å². The van der Waals surface area contributed by atoms with Gasteiger partial charge in [0.15, 0.2) is 17.5 Å². The first kappa shape index (κ1) is 14.8. The Morgan fingerprint density at radius 1 is 1.00 bits per heavy atom. The predicted molar refractivity (Wildman–Crippen MR) is 73.9 cm³/mol. The number of hydrogen-bond acceptors (Lipinski definition) is 1. The summed E-state index contributed by atoms with van der Waals surface area (Å²) in [5.74, 6) is 0. The van der Waals surface area contributed by atoms with E-state index in [1.165, 1.54) is 0 Å². The lowest BCUT2D eigenvalue weighted by Gasteiger charge is -2.09. The molecule has 2 N–H and O–H groups in total. The number of thiocarbonyl (C=S) groups is 1. The first-order valence-corrected chi connectivity index (χ1v) is 5.73. The summed E-state index contributed by atoms with van der Waals surface area (Å²) in [6.07, 6.45) is 3.94. The summed E-state index contributed by atoms with van der Waals surface area (Å²) in [6, 6.07) is 13.8. The molecular formula is C13H14IN3S. The molecule has 1 aromatic heterocycles. The molecule has 0 spiro atoms. The van der Waals surface area contributed by atoms with Crippen molar-refractivity contribution in [3.05, 3.63) is 54.9 Å². The van der Waals surface area contributed by atoms with Gasteiger partial charge in [-0.25, -0.2) is 4.57 Å². The van der Waals surface area contributed by atoms with Gasteiger partial charge in [0.2, 0.25) is 0 Å². The van der Waals surface area contributed by atoms with E-state index in [0.29, 0.717) is 5.11 Å². The Morgan fingerprint density at radius 3 is 2.28 bits per heavy atom. The molecule has 0 unspecified atom stereocenters. The van der Waals surface area contributed by atoms with Crippen LogP contribution in [-0.2, 0) is 7.05 Å². The highest BCUT2D eigenvalue weighted by atomic mass is 127. The van der Waals surface area contributed by atoms with Crippen LogP contribution in [0.1, 0.15) is 0 Å². The molecule has 0 amide bonds. The van der Waals surface area contributed by atoms with Crippen LogP contribution in [0.25, 0.3) is 0 Å². The van der Waals surface area contributed by atoms with E-state index in [0.717, 1.165) is 11.4 Å². The Morgan fingerprint density at radius 2 is 1.61 bits per heavy atom. The van der Waals surface area contributed by atoms with Gasteiger partial charge < -0.3 is 34.6 Å². The molecule has 0 aliphatic rings. The van der Waals surface area contributed by atoms with E-state index >= 15 is 0 Å². The van der Waals surface area contributed by atoms with Crippen LogP contribution in [0, 0.1) is 0 Å². The van der Waals surface area contributed by atoms with Crippen molar-refractivity contribution in [2.45, 2.75) is 0 Å². The first-order chi connectivity index (χ1) is 8.24. The fourth-order valence-corrected chi connectivity index (χ4v) is 1.71. The Kier molecular flexibility index (Phi) is 6.00. The fraction of sp³-hybridized carbons (Fsp3) is 0.0769. The third-order valence-corrected chi connectivity index (χ3v) is 2.43. The van der Waals surface area contributed by atoms with Gasteiger partial charge in [-0.15, -0.1) is 0 Å². The molecule has 18 heavy (non-hydrogen) atoms. The van der Waals surface area contributed by atoms with E-state index in [4.69, 9.17) is 12.2 Å². The van der Waals surface area contributed by atoms with Crippen LogP contribution >= 0.6 is 12.2 Å². The van der Waals surface area contributed by atoms with E-state index in [-0.39, 0.29) is 24.0 Å². The highest BCUT2D eigenvalue weighted by Gasteiger charge is 2.01. The minimum Gasteiger partial charge on any atom is -1.00 e. The van der Waals surface area contributed by atoms with Gasteiger partial charge >= 0.3 is 0 Å². The van der Waals surface area contributed by atoms with E-state index in [2.05, 4.69) is 10.6 Å². The summed E-state index contributed by atoms with van der Waals surface area (Å²) in [7, 11) is 1.97. The lowest BCUT2D eigenvalue weighted by molar-refractivity contribution is -0.670. The topological polar surface area (TPSA) is 27.9 Å². The van der Waals surface area contributed by atoms with Gasteiger partial charge in [0.05, 0.1) is 0 Å². The van der Waals surface area contributed by atoms with Crippen LogP contribution in [0.5, 0.6) is 0 Å². The number of halogens is 1. The van der Waals surface area contributed by atoms with Crippen LogP contribution in [0.15, 0.2) is 54.9 Å². The number of para-hydroxylation sites is 1. The standard InChI is InChI=1S/C13H13N3S.HI/c1-16-9-5-8-12(10-16)15-13(17)14-11-6-3-2-4-7-11;/h2-10H,1H3,(H-,14,15,17);1H. The van der Waals surface area contributed by atoms with Gasteiger partial charge in [-0.2, -0.15) is 0 Å². The molecule has 0 bridgehead atoms. The number of pyridine rings is 1. The molecule has 0 radical (unpaired) electrons.